The number of primary sulfonamides is 1. The lowest BCUT2D eigenvalue weighted by Gasteiger charge is -2.16. The normalized spacial score (nSPS) is 12.8. The second-order valence-electron chi connectivity index (χ2n) is 4.40. The fourth-order valence-corrected chi connectivity index (χ4v) is 2.09. The predicted molar refractivity (Wildman–Crippen MR) is 55.7 cm³/mol. The molecule has 1 rings (SSSR count). The number of carboxylic acids is 1. The molecule has 1 heterocycles. The van der Waals surface area contributed by atoms with Gasteiger partial charge in [-0.15, -0.1) is 0 Å². The molecule has 0 saturated heterocycles. The number of hydrogen-bond acceptors (Lipinski definition) is 4. The molecule has 0 aliphatic heterocycles. The largest absolute Gasteiger partial charge is 0.475 e. The number of hydrogen-bond donors (Lipinski definition) is 2. The van der Waals surface area contributed by atoms with Crippen molar-refractivity contribution in [2.45, 2.75) is 31.1 Å². The van der Waals surface area contributed by atoms with Gasteiger partial charge in [-0.1, -0.05) is 20.8 Å². The highest BCUT2D eigenvalue weighted by Crippen LogP contribution is 2.31. The summed E-state index contributed by atoms with van der Waals surface area (Å²) in [6.45, 7) is 5.10. The van der Waals surface area contributed by atoms with Crippen molar-refractivity contribution in [3.8, 4) is 0 Å². The maximum absolute atomic E-state index is 11.3. The van der Waals surface area contributed by atoms with Crippen molar-refractivity contribution in [1.29, 1.82) is 0 Å². The molecule has 0 spiro atoms. The summed E-state index contributed by atoms with van der Waals surface area (Å²) in [5, 5.41) is 13.7. The number of furan rings is 1. The van der Waals surface area contributed by atoms with Gasteiger partial charge < -0.3 is 9.52 Å². The first-order valence-corrected chi connectivity index (χ1v) is 5.98. The molecule has 16 heavy (non-hydrogen) atoms. The first-order valence-electron chi connectivity index (χ1n) is 4.44. The van der Waals surface area contributed by atoms with Gasteiger partial charge in [0.15, 0.2) is 0 Å². The summed E-state index contributed by atoms with van der Waals surface area (Å²) < 4.78 is 27.5. The number of aromatic carboxylic acids is 1. The van der Waals surface area contributed by atoms with Crippen LogP contribution in [0.4, 0.5) is 0 Å². The average molecular weight is 247 g/mol. The molecule has 0 saturated carbocycles. The van der Waals surface area contributed by atoms with E-state index in [1.807, 2.05) is 0 Å². The molecule has 3 N–H and O–H groups in total. The van der Waals surface area contributed by atoms with E-state index >= 15 is 0 Å². The Morgan fingerprint density at radius 2 is 1.94 bits per heavy atom. The van der Waals surface area contributed by atoms with Crippen molar-refractivity contribution in [2.75, 3.05) is 0 Å². The van der Waals surface area contributed by atoms with E-state index in [4.69, 9.17) is 14.7 Å². The standard InChI is InChI=1S/C9H13NO5S/c1-9(2,3)7-6(16(10,13)14)4-5(15-7)8(11)12/h4H,1-3H3,(H,11,12)(H2,10,13,14). The SMILES string of the molecule is CC(C)(C)c1oc(C(=O)O)cc1S(N)(=O)=O. The lowest BCUT2D eigenvalue weighted by Crippen LogP contribution is -2.19. The van der Waals surface area contributed by atoms with Crippen LogP contribution in [0.5, 0.6) is 0 Å². The fraction of sp³-hybridized carbons (Fsp3) is 0.444. The molecule has 6 nitrogen and oxygen atoms in total. The smallest absolute Gasteiger partial charge is 0.371 e. The molecule has 0 aromatic carbocycles. The Morgan fingerprint density at radius 1 is 1.44 bits per heavy atom. The molecule has 0 radical (unpaired) electrons. The van der Waals surface area contributed by atoms with Gasteiger partial charge >= 0.3 is 5.97 Å². The Bertz CT molecular complexity index is 521. The van der Waals surface area contributed by atoms with Crippen LogP contribution in [0.1, 0.15) is 37.1 Å². The second kappa shape index (κ2) is 3.60. The minimum Gasteiger partial charge on any atom is -0.475 e. The summed E-state index contributed by atoms with van der Waals surface area (Å²) in [5.74, 6) is -1.72. The molecule has 0 bridgehead atoms. The van der Waals surface area contributed by atoms with Crippen molar-refractivity contribution in [3.05, 3.63) is 17.6 Å². The molecule has 0 amide bonds. The minimum absolute atomic E-state index is 0.0485. The van der Waals surface area contributed by atoms with Gasteiger partial charge in [0, 0.05) is 11.5 Å². The summed E-state index contributed by atoms with van der Waals surface area (Å²) in [6, 6.07) is 0.929. The van der Waals surface area contributed by atoms with Crippen LogP contribution in [-0.4, -0.2) is 19.5 Å². The van der Waals surface area contributed by atoms with Gasteiger partial charge in [0.1, 0.15) is 10.7 Å². The van der Waals surface area contributed by atoms with Crippen molar-refractivity contribution >= 4 is 16.0 Å². The Balaban J connectivity index is 3.54. The summed E-state index contributed by atoms with van der Waals surface area (Å²) in [5.41, 5.74) is -0.643. The zero-order valence-corrected chi connectivity index (χ0v) is 9.96. The van der Waals surface area contributed by atoms with Crippen LogP contribution in [0.25, 0.3) is 0 Å². The molecule has 0 aliphatic carbocycles. The van der Waals surface area contributed by atoms with Gasteiger partial charge in [0.05, 0.1) is 0 Å². The molecule has 0 fully saturated rings. The molecule has 90 valence electrons. The molecule has 0 aliphatic rings. The van der Waals surface area contributed by atoms with Gasteiger partial charge in [0.2, 0.25) is 15.8 Å². The first-order chi connectivity index (χ1) is 7.03. The number of rotatable bonds is 2. The highest BCUT2D eigenvalue weighted by atomic mass is 32.2. The van der Waals surface area contributed by atoms with Crippen molar-refractivity contribution in [2.24, 2.45) is 5.14 Å². The summed E-state index contributed by atoms with van der Waals surface area (Å²) >= 11 is 0. The molecular formula is C9H13NO5S. The van der Waals surface area contributed by atoms with Crippen LogP contribution < -0.4 is 5.14 Å². The van der Waals surface area contributed by atoms with E-state index in [1.54, 1.807) is 20.8 Å². The number of nitrogens with two attached hydrogens (primary N) is 1. The zero-order valence-electron chi connectivity index (χ0n) is 9.14. The predicted octanol–water partition coefficient (Wildman–Crippen LogP) is 0.923. The number of sulfonamides is 1. The van der Waals surface area contributed by atoms with Crippen LogP contribution in [0.15, 0.2) is 15.4 Å². The van der Waals surface area contributed by atoms with E-state index in [9.17, 15) is 13.2 Å². The molecule has 0 unspecified atom stereocenters. The third-order valence-electron chi connectivity index (χ3n) is 1.90. The number of carbonyl (C=O) groups is 1. The van der Waals surface area contributed by atoms with Crippen LogP contribution >= 0.6 is 0 Å². The highest BCUT2D eigenvalue weighted by Gasteiger charge is 2.30. The van der Waals surface area contributed by atoms with E-state index in [-0.39, 0.29) is 10.7 Å². The topological polar surface area (TPSA) is 111 Å². The minimum atomic E-state index is -3.99. The second-order valence-corrected chi connectivity index (χ2v) is 5.93. The summed E-state index contributed by atoms with van der Waals surface area (Å²) in [7, 11) is -3.99. The van der Waals surface area contributed by atoms with Gasteiger partial charge in [-0.3, -0.25) is 0 Å². The van der Waals surface area contributed by atoms with Gasteiger partial charge in [-0.2, -0.15) is 0 Å². The molecule has 7 heteroatoms. The Labute approximate surface area is 93.1 Å². The summed E-state index contributed by atoms with van der Waals surface area (Å²) in [6.07, 6.45) is 0. The van der Waals surface area contributed by atoms with Crippen LogP contribution in [0.2, 0.25) is 0 Å². The van der Waals surface area contributed by atoms with Crippen molar-refractivity contribution in [1.82, 2.24) is 0 Å². The number of carboxylic acid groups (broad SMARTS) is 1. The first kappa shape index (κ1) is 12.7. The lowest BCUT2D eigenvalue weighted by atomic mass is 9.93. The zero-order chi connectivity index (χ0) is 12.7. The summed E-state index contributed by atoms with van der Waals surface area (Å²) in [4.78, 5) is 10.4. The quantitative estimate of drug-likeness (QED) is 0.807. The third kappa shape index (κ3) is 2.42. The van der Waals surface area contributed by atoms with Crippen molar-refractivity contribution in [3.63, 3.8) is 0 Å². The van der Waals surface area contributed by atoms with Gasteiger partial charge in [-0.05, 0) is 0 Å². The molecule has 1 aromatic heterocycles. The maximum Gasteiger partial charge on any atom is 0.371 e. The maximum atomic E-state index is 11.3. The Hall–Kier alpha value is -1.34. The van der Waals surface area contributed by atoms with E-state index < -0.39 is 27.2 Å². The van der Waals surface area contributed by atoms with Crippen molar-refractivity contribution < 1.29 is 22.7 Å². The molecule has 1 aromatic rings. The lowest BCUT2D eigenvalue weighted by molar-refractivity contribution is 0.0658. The molecular weight excluding hydrogens is 234 g/mol. The van der Waals surface area contributed by atoms with Gasteiger partial charge in [-0.25, -0.2) is 18.4 Å². The van der Waals surface area contributed by atoms with E-state index in [2.05, 4.69) is 0 Å². The highest BCUT2D eigenvalue weighted by molar-refractivity contribution is 7.89. The van der Waals surface area contributed by atoms with E-state index in [1.165, 1.54) is 0 Å². The Kier molecular flexibility index (Phi) is 2.86. The van der Waals surface area contributed by atoms with E-state index in [0.717, 1.165) is 6.07 Å². The molecule has 0 atom stereocenters. The fourth-order valence-electron chi connectivity index (χ4n) is 1.21. The van der Waals surface area contributed by atoms with Crippen LogP contribution in [-0.2, 0) is 15.4 Å². The van der Waals surface area contributed by atoms with E-state index in [0.29, 0.717) is 0 Å². The monoisotopic (exact) mass is 247 g/mol. The van der Waals surface area contributed by atoms with Crippen LogP contribution in [0.3, 0.4) is 0 Å². The Morgan fingerprint density at radius 3 is 2.19 bits per heavy atom. The van der Waals surface area contributed by atoms with Crippen LogP contribution in [0, 0.1) is 0 Å². The average Bonchev–Trinajstić information content (AvgIpc) is 2.44. The third-order valence-corrected chi connectivity index (χ3v) is 2.81. The van der Waals surface area contributed by atoms with Gasteiger partial charge in [0.25, 0.3) is 0 Å².